The van der Waals surface area contributed by atoms with Crippen LogP contribution >= 0.6 is 23.2 Å². The average Bonchev–Trinajstić information content (AvgIpc) is 2.70. The van der Waals surface area contributed by atoms with Crippen molar-refractivity contribution in [3.63, 3.8) is 0 Å². The van der Waals surface area contributed by atoms with Crippen molar-refractivity contribution >= 4 is 29.2 Å². The Balaban J connectivity index is 2.48. The summed E-state index contributed by atoms with van der Waals surface area (Å²) in [6, 6.07) is 7.45. The fourth-order valence-corrected chi connectivity index (χ4v) is 4.10. The van der Waals surface area contributed by atoms with Crippen molar-refractivity contribution < 1.29 is 19.4 Å². The molecule has 5 nitrogen and oxygen atoms in total. The summed E-state index contributed by atoms with van der Waals surface area (Å²) in [7, 11) is 0. The number of carboxylic acids is 1. The molecule has 1 N–H and O–H groups in total. The van der Waals surface area contributed by atoms with Crippen LogP contribution in [0.2, 0.25) is 10.0 Å². The Labute approximate surface area is 176 Å². The molecular formula is C21H27Cl2NO4. The quantitative estimate of drug-likeness (QED) is 0.583. The number of halogens is 2. The molecule has 0 radical (unpaired) electrons. The van der Waals surface area contributed by atoms with Gasteiger partial charge < -0.3 is 14.6 Å². The van der Waals surface area contributed by atoms with E-state index in [1.54, 1.807) is 18.2 Å². The van der Waals surface area contributed by atoms with Gasteiger partial charge in [-0.3, -0.25) is 4.79 Å². The van der Waals surface area contributed by atoms with E-state index in [1.165, 1.54) is 0 Å². The van der Waals surface area contributed by atoms with E-state index in [0.29, 0.717) is 41.7 Å². The minimum absolute atomic E-state index is 0.112. The number of nitriles is 1. The second-order valence-electron chi connectivity index (χ2n) is 7.23. The number of benzene rings is 1. The van der Waals surface area contributed by atoms with E-state index in [4.69, 9.17) is 32.7 Å². The number of nitrogens with zero attached hydrogens (tertiary/aromatic N) is 1. The summed E-state index contributed by atoms with van der Waals surface area (Å²) in [5.74, 6) is -1.59. The van der Waals surface area contributed by atoms with Gasteiger partial charge in [-0.05, 0) is 49.8 Å². The van der Waals surface area contributed by atoms with Crippen LogP contribution in [0, 0.1) is 17.2 Å². The molecule has 0 spiro atoms. The Kier molecular flexibility index (Phi) is 8.57. The summed E-state index contributed by atoms with van der Waals surface area (Å²) < 4.78 is 11.8. The highest BCUT2D eigenvalue weighted by molar-refractivity contribution is 6.42. The molecule has 28 heavy (non-hydrogen) atoms. The smallest absolute Gasteiger partial charge is 0.306 e. The van der Waals surface area contributed by atoms with Crippen LogP contribution < -0.4 is 0 Å². The number of carbonyl (C=O) groups is 1. The highest BCUT2D eigenvalue weighted by atomic mass is 35.5. The second-order valence-corrected chi connectivity index (χ2v) is 8.05. The van der Waals surface area contributed by atoms with Gasteiger partial charge >= 0.3 is 5.97 Å². The summed E-state index contributed by atoms with van der Waals surface area (Å²) in [6.07, 6.45) is 2.27. The molecule has 1 heterocycles. The van der Waals surface area contributed by atoms with Gasteiger partial charge in [0, 0.05) is 6.61 Å². The molecule has 0 amide bonds. The minimum Gasteiger partial charge on any atom is -0.481 e. The van der Waals surface area contributed by atoms with Crippen molar-refractivity contribution in [2.24, 2.45) is 5.92 Å². The molecule has 0 aliphatic carbocycles. The van der Waals surface area contributed by atoms with Crippen LogP contribution in [0.15, 0.2) is 18.2 Å². The van der Waals surface area contributed by atoms with E-state index in [9.17, 15) is 15.2 Å². The topological polar surface area (TPSA) is 79.5 Å². The number of rotatable bonds is 9. The fraction of sp³-hybridized carbons (Fsp3) is 0.619. The van der Waals surface area contributed by atoms with Crippen LogP contribution in [0.1, 0.15) is 51.5 Å². The van der Waals surface area contributed by atoms with Crippen molar-refractivity contribution in [1.82, 2.24) is 0 Å². The average molecular weight is 428 g/mol. The van der Waals surface area contributed by atoms with Gasteiger partial charge in [0.05, 0.1) is 40.8 Å². The van der Waals surface area contributed by atoms with Gasteiger partial charge in [-0.1, -0.05) is 43.1 Å². The van der Waals surface area contributed by atoms with Gasteiger partial charge in [0.25, 0.3) is 0 Å². The Hall–Kier alpha value is -1.32. The maximum Gasteiger partial charge on any atom is 0.306 e. The van der Waals surface area contributed by atoms with E-state index in [0.717, 1.165) is 12.8 Å². The van der Waals surface area contributed by atoms with Crippen LogP contribution in [0.4, 0.5) is 0 Å². The molecule has 0 bridgehead atoms. The number of ether oxygens (including phenoxy) is 2. The zero-order chi connectivity index (χ0) is 20.7. The lowest BCUT2D eigenvalue weighted by molar-refractivity contribution is -0.144. The van der Waals surface area contributed by atoms with Gasteiger partial charge in [-0.2, -0.15) is 5.26 Å². The molecule has 0 aromatic heterocycles. The molecular weight excluding hydrogens is 401 g/mol. The predicted octanol–water partition coefficient (Wildman–Crippen LogP) is 5.23. The third-order valence-corrected chi connectivity index (χ3v) is 6.18. The molecule has 1 fully saturated rings. The molecule has 4 unspecified atom stereocenters. The molecule has 1 aromatic carbocycles. The van der Waals surface area contributed by atoms with Crippen LogP contribution in [-0.4, -0.2) is 36.5 Å². The van der Waals surface area contributed by atoms with Crippen molar-refractivity contribution in [2.45, 2.75) is 63.6 Å². The summed E-state index contributed by atoms with van der Waals surface area (Å²) in [5, 5.41) is 20.7. The lowest BCUT2D eigenvalue weighted by Crippen LogP contribution is -2.45. The maximum absolute atomic E-state index is 11.8. The van der Waals surface area contributed by atoms with Gasteiger partial charge in [-0.15, -0.1) is 0 Å². The first-order valence-corrected chi connectivity index (χ1v) is 10.5. The largest absolute Gasteiger partial charge is 0.481 e. The summed E-state index contributed by atoms with van der Waals surface area (Å²) in [4.78, 5) is 11.8. The SMILES string of the molecule is CCC(CC(C#N)(c1ccc(Cl)c(Cl)c1)C(CC)OC1CCCOC1)C(=O)O. The summed E-state index contributed by atoms with van der Waals surface area (Å²) in [5.41, 5.74) is -0.521. The molecule has 1 aliphatic heterocycles. The summed E-state index contributed by atoms with van der Waals surface area (Å²) >= 11 is 12.3. The molecule has 154 valence electrons. The van der Waals surface area contributed by atoms with E-state index in [2.05, 4.69) is 6.07 Å². The first kappa shape index (κ1) is 23.0. The van der Waals surface area contributed by atoms with Crippen LogP contribution in [0.5, 0.6) is 0 Å². The van der Waals surface area contributed by atoms with Gasteiger partial charge in [-0.25, -0.2) is 0 Å². The lowest BCUT2D eigenvalue weighted by Gasteiger charge is -2.39. The van der Waals surface area contributed by atoms with E-state index in [1.807, 2.05) is 13.8 Å². The molecule has 1 aliphatic rings. The van der Waals surface area contributed by atoms with E-state index >= 15 is 0 Å². The second kappa shape index (κ2) is 10.5. The molecule has 0 saturated carbocycles. The Bertz CT molecular complexity index is 715. The van der Waals surface area contributed by atoms with Crippen LogP contribution in [0.25, 0.3) is 0 Å². The number of carboxylic acid groups (broad SMARTS) is 1. The monoisotopic (exact) mass is 427 g/mol. The van der Waals surface area contributed by atoms with Crippen molar-refractivity contribution in [3.8, 4) is 6.07 Å². The zero-order valence-corrected chi connectivity index (χ0v) is 17.8. The van der Waals surface area contributed by atoms with Gasteiger partial charge in [0.1, 0.15) is 5.41 Å². The lowest BCUT2D eigenvalue weighted by atomic mass is 9.69. The third kappa shape index (κ3) is 5.18. The molecule has 4 atom stereocenters. The highest BCUT2D eigenvalue weighted by Gasteiger charge is 2.45. The maximum atomic E-state index is 11.8. The van der Waals surface area contributed by atoms with E-state index in [-0.39, 0.29) is 12.5 Å². The summed E-state index contributed by atoms with van der Waals surface area (Å²) in [6.45, 7) is 4.95. The Morgan fingerprint density at radius 1 is 1.39 bits per heavy atom. The minimum atomic E-state index is -1.15. The third-order valence-electron chi connectivity index (χ3n) is 5.44. The first-order chi connectivity index (χ1) is 13.4. The van der Waals surface area contributed by atoms with Crippen molar-refractivity contribution in [1.29, 1.82) is 5.26 Å². The Morgan fingerprint density at radius 3 is 2.64 bits per heavy atom. The molecule has 2 rings (SSSR count). The van der Waals surface area contributed by atoms with Crippen LogP contribution in [0.3, 0.4) is 0 Å². The molecule has 1 saturated heterocycles. The highest BCUT2D eigenvalue weighted by Crippen LogP contribution is 2.41. The Morgan fingerprint density at radius 2 is 2.14 bits per heavy atom. The predicted molar refractivity (Wildman–Crippen MR) is 109 cm³/mol. The zero-order valence-electron chi connectivity index (χ0n) is 16.3. The number of hydrogen-bond acceptors (Lipinski definition) is 4. The van der Waals surface area contributed by atoms with Gasteiger partial charge in [0.15, 0.2) is 0 Å². The number of hydrogen-bond donors (Lipinski definition) is 1. The molecule has 1 aromatic rings. The van der Waals surface area contributed by atoms with Crippen molar-refractivity contribution in [3.05, 3.63) is 33.8 Å². The van der Waals surface area contributed by atoms with E-state index < -0.39 is 23.4 Å². The first-order valence-electron chi connectivity index (χ1n) is 9.70. The number of aliphatic carboxylic acids is 1. The van der Waals surface area contributed by atoms with Gasteiger partial charge in [0.2, 0.25) is 0 Å². The standard InChI is InChI=1S/C21H27Cl2NO4/c1-3-14(20(25)26)11-21(13-24,15-7-8-17(22)18(23)10-15)19(4-2)28-16-6-5-9-27-12-16/h7-8,10,14,16,19H,3-6,9,11-12H2,1-2H3,(H,25,26). The molecule has 7 heteroatoms. The normalized spacial score (nSPS) is 21.3. The van der Waals surface area contributed by atoms with Crippen molar-refractivity contribution in [2.75, 3.05) is 13.2 Å². The van der Waals surface area contributed by atoms with Crippen LogP contribution in [-0.2, 0) is 19.7 Å². The fourth-order valence-electron chi connectivity index (χ4n) is 3.80.